The van der Waals surface area contributed by atoms with Gasteiger partial charge in [-0.05, 0) is 91.3 Å². The molecule has 0 saturated heterocycles. The number of aromatic nitrogens is 2. The van der Waals surface area contributed by atoms with Gasteiger partial charge in [0.25, 0.3) is 5.91 Å². The first-order valence-electron chi connectivity index (χ1n) is 14.3. The van der Waals surface area contributed by atoms with Crippen LogP contribution in [0.4, 0.5) is 43.7 Å². The highest BCUT2D eigenvalue weighted by atomic mass is 19.4. The minimum absolute atomic E-state index is 0.0796. The topological polar surface area (TPSA) is 77.4 Å². The summed E-state index contributed by atoms with van der Waals surface area (Å²) in [5, 5.41) is 5.75. The van der Waals surface area contributed by atoms with Gasteiger partial charge in [-0.1, -0.05) is 20.8 Å². The number of carbonyl (C=O) groups excluding carboxylic acids is 1. The summed E-state index contributed by atoms with van der Waals surface area (Å²) in [7, 11) is 0. The van der Waals surface area contributed by atoms with Crippen LogP contribution in [0.25, 0.3) is 11.0 Å². The van der Waals surface area contributed by atoms with Crippen LogP contribution in [0.2, 0.25) is 0 Å². The van der Waals surface area contributed by atoms with Gasteiger partial charge in [0.2, 0.25) is 5.95 Å². The highest BCUT2D eigenvalue weighted by molar-refractivity contribution is 5.92. The highest BCUT2D eigenvalue weighted by Gasteiger charge is 2.35. The standard InChI is InChI=1S/C32H32F6N4O3/c1-19-14-23(17-30(2,3)16-19)42-27-13-12-25(44-18-28(43)39-21-6-4-20(5-7-21)31(33,34)35)15-26(27)41-29(42)40-22-8-10-24(11-9-22)45-32(36,37)38/h4-13,15,19,23H,14,16-18H2,1-3H3,(H,39,43)(H,40,41)/t19-,23-/m0/s1. The number of hydrogen-bond acceptors (Lipinski definition) is 5. The van der Waals surface area contributed by atoms with E-state index in [9.17, 15) is 31.1 Å². The lowest BCUT2D eigenvalue weighted by Crippen LogP contribution is -2.29. The second-order valence-electron chi connectivity index (χ2n) is 12.1. The maximum Gasteiger partial charge on any atom is 0.573 e. The van der Waals surface area contributed by atoms with Gasteiger partial charge < -0.3 is 24.7 Å². The van der Waals surface area contributed by atoms with Crippen LogP contribution >= 0.6 is 0 Å². The number of fused-ring (bicyclic) bond motifs is 1. The Hall–Kier alpha value is -4.42. The monoisotopic (exact) mass is 634 g/mol. The number of amides is 1. The lowest BCUT2D eigenvalue weighted by molar-refractivity contribution is -0.274. The number of hydrogen-bond donors (Lipinski definition) is 2. The first-order chi connectivity index (χ1) is 21.0. The van der Waals surface area contributed by atoms with E-state index in [0.717, 1.165) is 49.0 Å². The largest absolute Gasteiger partial charge is 0.573 e. The zero-order valence-corrected chi connectivity index (χ0v) is 24.7. The van der Waals surface area contributed by atoms with Crippen LogP contribution in [-0.4, -0.2) is 28.4 Å². The quantitative estimate of drug-likeness (QED) is 0.189. The number of nitrogens with one attached hydrogen (secondary N) is 2. The van der Waals surface area contributed by atoms with Crippen LogP contribution in [0.1, 0.15) is 51.6 Å². The van der Waals surface area contributed by atoms with Crippen LogP contribution in [-0.2, 0) is 11.0 Å². The number of benzene rings is 3. The van der Waals surface area contributed by atoms with E-state index in [1.807, 2.05) is 6.07 Å². The molecule has 45 heavy (non-hydrogen) atoms. The van der Waals surface area contributed by atoms with Gasteiger partial charge >= 0.3 is 12.5 Å². The van der Waals surface area contributed by atoms with Crippen molar-refractivity contribution < 1.29 is 40.6 Å². The summed E-state index contributed by atoms with van der Waals surface area (Å²) in [5.74, 6) is 0.412. The van der Waals surface area contributed by atoms with Crippen LogP contribution in [0, 0.1) is 11.3 Å². The van der Waals surface area contributed by atoms with Crippen molar-refractivity contribution in [1.82, 2.24) is 9.55 Å². The molecule has 2 atom stereocenters. The Balaban J connectivity index is 1.36. The van der Waals surface area contributed by atoms with Gasteiger partial charge in [0.15, 0.2) is 6.61 Å². The normalized spacial score (nSPS) is 18.4. The number of nitrogens with zero attached hydrogens (tertiary/aromatic N) is 2. The molecule has 4 aromatic rings. The predicted molar refractivity (Wildman–Crippen MR) is 158 cm³/mol. The maximum atomic E-state index is 12.8. The summed E-state index contributed by atoms with van der Waals surface area (Å²) in [6.07, 6.45) is -6.40. The molecule has 240 valence electrons. The number of alkyl halides is 6. The van der Waals surface area contributed by atoms with E-state index < -0.39 is 24.0 Å². The molecule has 0 unspecified atom stereocenters. The summed E-state index contributed by atoms with van der Waals surface area (Å²) >= 11 is 0. The van der Waals surface area contributed by atoms with Crippen LogP contribution in [0.15, 0.2) is 66.7 Å². The fourth-order valence-corrected chi connectivity index (χ4v) is 6.08. The van der Waals surface area contributed by atoms with Gasteiger partial charge in [-0.2, -0.15) is 13.2 Å². The van der Waals surface area contributed by atoms with E-state index in [0.29, 0.717) is 28.8 Å². The van der Waals surface area contributed by atoms with Crippen molar-refractivity contribution in [1.29, 1.82) is 0 Å². The summed E-state index contributed by atoms with van der Waals surface area (Å²) in [6.45, 7) is 6.27. The molecule has 1 aromatic heterocycles. The molecule has 7 nitrogen and oxygen atoms in total. The number of rotatable bonds is 8. The Morgan fingerprint density at radius 1 is 0.933 bits per heavy atom. The Morgan fingerprint density at radius 3 is 2.20 bits per heavy atom. The van der Waals surface area contributed by atoms with Crippen molar-refractivity contribution in [2.24, 2.45) is 11.3 Å². The van der Waals surface area contributed by atoms with E-state index in [1.165, 1.54) is 24.3 Å². The second-order valence-corrected chi connectivity index (χ2v) is 12.1. The molecule has 2 N–H and O–H groups in total. The predicted octanol–water partition coefficient (Wildman–Crippen LogP) is 9.10. The Bertz CT molecular complexity index is 1650. The molecule has 13 heteroatoms. The summed E-state index contributed by atoms with van der Waals surface area (Å²) < 4.78 is 88.0. The first-order valence-corrected chi connectivity index (χ1v) is 14.3. The number of imidazole rings is 1. The lowest BCUT2D eigenvalue weighted by Gasteiger charge is -2.40. The van der Waals surface area contributed by atoms with Crippen molar-refractivity contribution in [3.63, 3.8) is 0 Å². The Morgan fingerprint density at radius 2 is 1.58 bits per heavy atom. The number of halogens is 6. The molecule has 1 aliphatic carbocycles. The van der Waals surface area contributed by atoms with Crippen molar-refractivity contribution in [3.05, 3.63) is 72.3 Å². The molecule has 0 bridgehead atoms. The molecular formula is C32H32F6N4O3. The third-order valence-corrected chi connectivity index (χ3v) is 7.60. The minimum atomic E-state index is -4.80. The zero-order valence-electron chi connectivity index (χ0n) is 24.7. The van der Waals surface area contributed by atoms with E-state index in [-0.39, 0.29) is 29.5 Å². The van der Waals surface area contributed by atoms with Crippen molar-refractivity contribution in [2.75, 3.05) is 17.2 Å². The summed E-state index contributed by atoms with van der Waals surface area (Å²) in [6, 6.07) is 14.8. The van der Waals surface area contributed by atoms with E-state index in [4.69, 9.17) is 9.72 Å². The smallest absolute Gasteiger partial charge is 0.484 e. The molecule has 1 heterocycles. The van der Waals surface area contributed by atoms with Crippen molar-refractivity contribution in [2.45, 2.75) is 58.6 Å². The molecular weight excluding hydrogens is 602 g/mol. The maximum absolute atomic E-state index is 12.8. The van der Waals surface area contributed by atoms with Crippen LogP contribution in [0.5, 0.6) is 11.5 Å². The highest BCUT2D eigenvalue weighted by Crippen LogP contribution is 2.46. The molecule has 1 saturated carbocycles. The van der Waals surface area contributed by atoms with Gasteiger partial charge in [-0.3, -0.25) is 4.79 Å². The summed E-state index contributed by atoms with van der Waals surface area (Å²) in [4.78, 5) is 17.2. The number of ether oxygens (including phenoxy) is 2. The third-order valence-electron chi connectivity index (χ3n) is 7.60. The van der Waals surface area contributed by atoms with E-state index in [2.05, 4.69) is 40.7 Å². The number of carbonyl (C=O) groups is 1. The Kier molecular flexibility index (Phi) is 8.65. The molecule has 3 aromatic carbocycles. The molecule has 0 aliphatic heterocycles. The zero-order chi connectivity index (χ0) is 32.6. The molecule has 0 spiro atoms. The Labute approximate surface area is 255 Å². The van der Waals surface area contributed by atoms with Gasteiger partial charge in [-0.25, -0.2) is 4.98 Å². The van der Waals surface area contributed by atoms with Gasteiger partial charge in [0, 0.05) is 23.5 Å². The van der Waals surface area contributed by atoms with E-state index in [1.54, 1.807) is 12.1 Å². The molecule has 1 fully saturated rings. The molecule has 1 aliphatic rings. The molecule has 1 amide bonds. The first kappa shape index (κ1) is 32.0. The average Bonchev–Trinajstić information content (AvgIpc) is 3.28. The molecule has 5 rings (SSSR count). The number of anilines is 3. The molecule has 0 radical (unpaired) electrons. The third kappa shape index (κ3) is 8.20. The second kappa shape index (κ2) is 12.2. The average molecular weight is 635 g/mol. The van der Waals surface area contributed by atoms with Gasteiger partial charge in [-0.15, -0.1) is 13.2 Å². The fourth-order valence-electron chi connectivity index (χ4n) is 6.08. The fraction of sp³-hybridized carbons (Fsp3) is 0.375. The summed E-state index contributed by atoms with van der Waals surface area (Å²) in [5.41, 5.74) is 1.36. The van der Waals surface area contributed by atoms with Crippen LogP contribution < -0.4 is 20.1 Å². The van der Waals surface area contributed by atoms with Crippen molar-refractivity contribution in [3.8, 4) is 11.5 Å². The SMILES string of the molecule is C[C@H]1C[C@H](n2c(Nc3ccc(OC(F)(F)F)cc3)nc3cc(OCC(=O)Nc4ccc(C(F)(F)F)cc4)ccc32)CC(C)(C)C1. The van der Waals surface area contributed by atoms with Crippen molar-refractivity contribution >= 4 is 34.3 Å². The minimum Gasteiger partial charge on any atom is -0.484 e. The lowest BCUT2D eigenvalue weighted by atomic mass is 9.70. The van der Waals surface area contributed by atoms with Gasteiger partial charge in [0.05, 0.1) is 16.6 Å². The van der Waals surface area contributed by atoms with E-state index >= 15 is 0 Å². The van der Waals surface area contributed by atoms with Crippen LogP contribution in [0.3, 0.4) is 0 Å². The van der Waals surface area contributed by atoms with Gasteiger partial charge in [0.1, 0.15) is 11.5 Å².